The Morgan fingerprint density at radius 2 is 2.11 bits per heavy atom. The van der Waals surface area contributed by atoms with Crippen LogP contribution in [0.15, 0.2) is 18.6 Å². The summed E-state index contributed by atoms with van der Waals surface area (Å²) in [5, 5.41) is 0.731. The van der Waals surface area contributed by atoms with Crippen molar-refractivity contribution in [2.24, 2.45) is 5.73 Å². The molecule has 1 fully saturated rings. The maximum Gasteiger partial charge on any atom is 0.252 e. The Balaban J connectivity index is 2.20. The molecule has 1 saturated heterocycles. The smallest absolute Gasteiger partial charge is 0.252 e. The zero-order chi connectivity index (χ0) is 12.5. The van der Waals surface area contributed by atoms with E-state index < -0.39 is 5.91 Å². The van der Waals surface area contributed by atoms with Crippen molar-refractivity contribution in [1.29, 1.82) is 0 Å². The minimum Gasteiger partial charge on any atom is -0.365 e. The van der Waals surface area contributed by atoms with Gasteiger partial charge in [0, 0.05) is 24.7 Å². The highest BCUT2D eigenvalue weighted by molar-refractivity contribution is 6.00. The van der Waals surface area contributed by atoms with Crippen molar-refractivity contribution in [1.82, 2.24) is 15.0 Å². The zero-order valence-electron chi connectivity index (χ0n) is 9.83. The van der Waals surface area contributed by atoms with Gasteiger partial charge in [0.1, 0.15) is 12.1 Å². The molecule has 0 radical (unpaired) electrons. The molecule has 0 bridgehead atoms. The lowest BCUT2D eigenvalue weighted by molar-refractivity contribution is 0.100. The van der Waals surface area contributed by atoms with Crippen LogP contribution in [-0.4, -0.2) is 33.9 Å². The summed E-state index contributed by atoms with van der Waals surface area (Å²) in [6.07, 6.45) is 5.31. The van der Waals surface area contributed by atoms with Gasteiger partial charge in [0.2, 0.25) is 0 Å². The van der Waals surface area contributed by atoms with Crippen molar-refractivity contribution in [3.63, 3.8) is 0 Å². The van der Waals surface area contributed by atoms with Gasteiger partial charge in [-0.25, -0.2) is 15.0 Å². The quantitative estimate of drug-likeness (QED) is 0.840. The lowest BCUT2D eigenvalue weighted by Gasteiger charge is -2.19. The third kappa shape index (κ3) is 1.75. The maximum atomic E-state index is 11.5. The second-order valence-electron chi connectivity index (χ2n) is 4.35. The zero-order valence-corrected chi connectivity index (χ0v) is 9.83. The first-order chi connectivity index (χ1) is 8.75. The van der Waals surface area contributed by atoms with Gasteiger partial charge < -0.3 is 10.6 Å². The largest absolute Gasteiger partial charge is 0.365 e. The van der Waals surface area contributed by atoms with E-state index >= 15 is 0 Å². The van der Waals surface area contributed by atoms with E-state index in [0.717, 1.165) is 31.3 Å². The van der Waals surface area contributed by atoms with Crippen LogP contribution in [0.25, 0.3) is 11.0 Å². The average Bonchev–Trinajstić information content (AvgIpc) is 2.91. The van der Waals surface area contributed by atoms with Crippen molar-refractivity contribution >= 4 is 22.8 Å². The number of nitrogens with zero attached hydrogens (tertiary/aromatic N) is 4. The summed E-state index contributed by atoms with van der Waals surface area (Å²) in [4.78, 5) is 26.1. The van der Waals surface area contributed by atoms with Crippen molar-refractivity contribution in [3.8, 4) is 0 Å². The van der Waals surface area contributed by atoms with Gasteiger partial charge in [-0.2, -0.15) is 0 Å². The van der Waals surface area contributed by atoms with Gasteiger partial charge in [-0.3, -0.25) is 4.79 Å². The van der Waals surface area contributed by atoms with E-state index in [1.165, 1.54) is 6.33 Å². The monoisotopic (exact) mass is 243 g/mol. The Hall–Kier alpha value is -2.24. The lowest BCUT2D eigenvalue weighted by atomic mass is 10.2. The summed E-state index contributed by atoms with van der Waals surface area (Å²) in [7, 11) is 0. The first kappa shape index (κ1) is 10.9. The molecule has 0 spiro atoms. The Kier molecular flexibility index (Phi) is 2.55. The standard InChI is InChI=1S/C12H13N5O/c13-10(18)9-5-8-6-14-7-15-11(8)16-12(9)17-3-1-2-4-17/h5-7H,1-4H2,(H2,13,18). The van der Waals surface area contributed by atoms with Crippen LogP contribution in [0, 0.1) is 0 Å². The van der Waals surface area contributed by atoms with Crippen molar-refractivity contribution in [2.45, 2.75) is 12.8 Å². The maximum absolute atomic E-state index is 11.5. The van der Waals surface area contributed by atoms with Crippen LogP contribution in [0.5, 0.6) is 0 Å². The number of aromatic nitrogens is 3. The predicted octanol–water partition coefficient (Wildman–Crippen LogP) is 0.724. The van der Waals surface area contributed by atoms with E-state index in [4.69, 9.17) is 5.73 Å². The van der Waals surface area contributed by atoms with Crippen LogP contribution in [0.4, 0.5) is 5.82 Å². The molecule has 3 rings (SSSR count). The van der Waals surface area contributed by atoms with E-state index in [0.29, 0.717) is 17.0 Å². The molecule has 1 aliphatic heterocycles. The molecule has 92 valence electrons. The van der Waals surface area contributed by atoms with Gasteiger partial charge in [-0.15, -0.1) is 0 Å². The highest BCUT2D eigenvalue weighted by atomic mass is 16.1. The fourth-order valence-corrected chi connectivity index (χ4v) is 2.26. The van der Waals surface area contributed by atoms with Gasteiger partial charge in [0.15, 0.2) is 5.65 Å². The summed E-state index contributed by atoms with van der Waals surface area (Å²) < 4.78 is 0. The van der Waals surface area contributed by atoms with Crippen LogP contribution in [0.2, 0.25) is 0 Å². The number of nitrogens with two attached hydrogens (primary N) is 1. The molecule has 0 unspecified atom stereocenters. The molecule has 18 heavy (non-hydrogen) atoms. The molecule has 2 aromatic heterocycles. The number of hydrogen-bond acceptors (Lipinski definition) is 5. The molecule has 2 N–H and O–H groups in total. The van der Waals surface area contributed by atoms with Crippen molar-refractivity contribution in [2.75, 3.05) is 18.0 Å². The summed E-state index contributed by atoms with van der Waals surface area (Å²) >= 11 is 0. The third-order valence-electron chi connectivity index (χ3n) is 3.14. The molecule has 0 atom stereocenters. The van der Waals surface area contributed by atoms with Gasteiger partial charge in [-0.1, -0.05) is 0 Å². The van der Waals surface area contributed by atoms with Gasteiger partial charge in [0.05, 0.1) is 5.56 Å². The van der Waals surface area contributed by atoms with E-state index in [1.54, 1.807) is 12.3 Å². The fraction of sp³-hybridized carbons (Fsp3) is 0.333. The van der Waals surface area contributed by atoms with E-state index in [1.807, 2.05) is 0 Å². The molecular weight excluding hydrogens is 230 g/mol. The fourth-order valence-electron chi connectivity index (χ4n) is 2.26. The number of primary amides is 1. The van der Waals surface area contributed by atoms with Crippen LogP contribution in [0.1, 0.15) is 23.2 Å². The number of rotatable bonds is 2. The minimum absolute atomic E-state index is 0.444. The molecule has 1 aliphatic rings. The van der Waals surface area contributed by atoms with Crippen LogP contribution in [-0.2, 0) is 0 Å². The summed E-state index contributed by atoms with van der Waals surface area (Å²) in [5.41, 5.74) is 6.46. The first-order valence-electron chi connectivity index (χ1n) is 5.91. The van der Waals surface area contributed by atoms with Gasteiger partial charge >= 0.3 is 0 Å². The number of anilines is 1. The first-order valence-corrected chi connectivity index (χ1v) is 5.91. The summed E-state index contributed by atoms with van der Waals surface area (Å²) in [6, 6.07) is 1.72. The Morgan fingerprint density at radius 1 is 1.33 bits per heavy atom. The molecule has 0 aliphatic carbocycles. The summed E-state index contributed by atoms with van der Waals surface area (Å²) in [6.45, 7) is 1.81. The van der Waals surface area contributed by atoms with Crippen molar-refractivity contribution < 1.29 is 4.79 Å². The Morgan fingerprint density at radius 3 is 2.83 bits per heavy atom. The van der Waals surface area contributed by atoms with Gasteiger partial charge in [0.25, 0.3) is 5.91 Å². The molecule has 2 aromatic rings. The normalized spacial score (nSPS) is 15.2. The molecule has 6 heteroatoms. The third-order valence-corrected chi connectivity index (χ3v) is 3.14. The second-order valence-corrected chi connectivity index (χ2v) is 4.35. The Bertz CT molecular complexity index is 606. The minimum atomic E-state index is -0.463. The van der Waals surface area contributed by atoms with E-state index in [2.05, 4.69) is 19.9 Å². The lowest BCUT2D eigenvalue weighted by Crippen LogP contribution is -2.24. The number of amides is 1. The molecule has 0 aromatic carbocycles. The van der Waals surface area contributed by atoms with E-state index in [-0.39, 0.29) is 0 Å². The van der Waals surface area contributed by atoms with Crippen LogP contribution >= 0.6 is 0 Å². The second kappa shape index (κ2) is 4.21. The Labute approximate surface area is 104 Å². The molecule has 0 saturated carbocycles. The SMILES string of the molecule is NC(=O)c1cc2cncnc2nc1N1CCCC1. The van der Waals surface area contributed by atoms with Crippen LogP contribution < -0.4 is 10.6 Å². The number of hydrogen-bond donors (Lipinski definition) is 1. The predicted molar refractivity (Wildman–Crippen MR) is 67.3 cm³/mol. The number of carbonyl (C=O) groups is 1. The highest BCUT2D eigenvalue weighted by Crippen LogP contribution is 2.25. The number of pyridine rings is 1. The molecule has 3 heterocycles. The highest BCUT2D eigenvalue weighted by Gasteiger charge is 2.20. The van der Waals surface area contributed by atoms with Gasteiger partial charge in [-0.05, 0) is 18.9 Å². The topological polar surface area (TPSA) is 85.0 Å². The van der Waals surface area contributed by atoms with Crippen molar-refractivity contribution in [3.05, 3.63) is 24.2 Å². The molecule has 6 nitrogen and oxygen atoms in total. The number of fused-ring (bicyclic) bond motifs is 1. The molecular formula is C12H13N5O. The molecule has 1 amide bonds. The summed E-state index contributed by atoms with van der Waals surface area (Å²) in [5.74, 6) is 0.182. The number of carbonyl (C=O) groups excluding carboxylic acids is 1. The van der Waals surface area contributed by atoms with E-state index in [9.17, 15) is 4.79 Å². The van der Waals surface area contributed by atoms with Crippen LogP contribution in [0.3, 0.4) is 0 Å². The average molecular weight is 243 g/mol.